The van der Waals surface area contributed by atoms with E-state index in [4.69, 9.17) is 22.6 Å². The Bertz CT molecular complexity index is 524. The highest BCUT2D eigenvalue weighted by Crippen LogP contribution is 2.25. The minimum absolute atomic E-state index is 0.0709. The minimum Gasteiger partial charge on any atom is -0.327 e. The molecule has 1 aromatic rings. The Labute approximate surface area is 117 Å². The molecule has 0 heterocycles. The van der Waals surface area contributed by atoms with Gasteiger partial charge in [-0.1, -0.05) is 24.4 Å². The molecule has 2 rings (SSSR count). The molecule has 0 spiro atoms. The molecule has 4 nitrogen and oxygen atoms in total. The lowest BCUT2D eigenvalue weighted by Gasteiger charge is -2.27. The fourth-order valence-electron chi connectivity index (χ4n) is 2.41. The van der Waals surface area contributed by atoms with Gasteiger partial charge in [0.15, 0.2) is 0 Å². The van der Waals surface area contributed by atoms with E-state index in [0.717, 1.165) is 25.7 Å². The van der Waals surface area contributed by atoms with Gasteiger partial charge in [-0.2, -0.15) is 5.26 Å². The van der Waals surface area contributed by atoms with E-state index in [1.807, 2.05) is 6.07 Å². The second-order valence-corrected chi connectivity index (χ2v) is 5.26. The first-order valence-electron chi connectivity index (χ1n) is 6.38. The molecule has 0 aliphatic heterocycles. The van der Waals surface area contributed by atoms with E-state index in [9.17, 15) is 4.79 Å². The monoisotopic (exact) mass is 277 g/mol. The highest BCUT2D eigenvalue weighted by molar-refractivity contribution is 6.31. The highest BCUT2D eigenvalue weighted by atomic mass is 35.5. The number of hydrogen-bond donors (Lipinski definition) is 2. The molecular formula is C14H16ClN3O. The molecule has 1 aliphatic rings. The number of nitrogens with two attached hydrogens (primary N) is 1. The number of nitriles is 1. The Morgan fingerprint density at radius 1 is 1.42 bits per heavy atom. The van der Waals surface area contributed by atoms with Crippen molar-refractivity contribution in [2.45, 2.75) is 31.7 Å². The van der Waals surface area contributed by atoms with E-state index in [-0.39, 0.29) is 17.9 Å². The van der Waals surface area contributed by atoms with Crippen molar-refractivity contribution in [3.8, 4) is 6.07 Å². The number of amides is 1. The number of nitrogens with zero attached hydrogens (tertiary/aromatic N) is 1. The number of carbonyl (C=O) groups is 1. The maximum absolute atomic E-state index is 12.2. The third-order valence-corrected chi connectivity index (χ3v) is 3.84. The predicted molar refractivity (Wildman–Crippen MR) is 74.7 cm³/mol. The summed E-state index contributed by atoms with van der Waals surface area (Å²) in [6, 6.07) is 6.79. The molecule has 1 aliphatic carbocycles. The lowest BCUT2D eigenvalue weighted by molar-refractivity contribution is -0.121. The van der Waals surface area contributed by atoms with Crippen molar-refractivity contribution >= 4 is 23.2 Å². The number of nitrogens with one attached hydrogen (secondary N) is 1. The Balaban J connectivity index is 2.08. The van der Waals surface area contributed by atoms with Crippen LogP contribution in [0.15, 0.2) is 18.2 Å². The van der Waals surface area contributed by atoms with Crippen molar-refractivity contribution in [3.05, 3.63) is 28.8 Å². The van der Waals surface area contributed by atoms with Gasteiger partial charge in [0, 0.05) is 11.7 Å². The molecule has 0 saturated heterocycles. The van der Waals surface area contributed by atoms with Gasteiger partial charge in [0.05, 0.1) is 16.5 Å². The zero-order valence-corrected chi connectivity index (χ0v) is 11.3. The molecule has 0 aromatic heterocycles. The maximum Gasteiger partial charge on any atom is 0.229 e. The number of hydrogen-bond acceptors (Lipinski definition) is 3. The van der Waals surface area contributed by atoms with Crippen molar-refractivity contribution in [1.82, 2.24) is 0 Å². The average molecular weight is 278 g/mol. The molecule has 19 heavy (non-hydrogen) atoms. The zero-order valence-electron chi connectivity index (χ0n) is 10.5. The van der Waals surface area contributed by atoms with Crippen LogP contribution in [-0.2, 0) is 4.79 Å². The molecule has 2 atom stereocenters. The smallest absolute Gasteiger partial charge is 0.229 e. The molecule has 1 fully saturated rings. The first kappa shape index (κ1) is 13.9. The quantitative estimate of drug-likeness (QED) is 0.872. The summed E-state index contributed by atoms with van der Waals surface area (Å²) in [7, 11) is 0. The van der Waals surface area contributed by atoms with Gasteiger partial charge in [-0.25, -0.2) is 0 Å². The van der Waals surface area contributed by atoms with Gasteiger partial charge in [-0.3, -0.25) is 4.79 Å². The van der Waals surface area contributed by atoms with E-state index in [1.165, 1.54) is 0 Å². The summed E-state index contributed by atoms with van der Waals surface area (Å²) in [4.78, 5) is 12.2. The molecule has 2 unspecified atom stereocenters. The van der Waals surface area contributed by atoms with E-state index < -0.39 is 0 Å². The van der Waals surface area contributed by atoms with Crippen molar-refractivity contribution in [2.24, 2.45) is 11.7 Å². The van der Waals surface area contributed by atoms with Gasteiger partial charge in [-0.05, 0) is 31.0 Å². The first-order chi connectivity index (χ1) is 9.11. The summed E-state index contributed by atoms with van der Waals surface area (Å²) in [6.45, 7) is 0. The topological polar surface area (TPSA) is 78.9 Å². The summed E-state index contributed by atoms with van der Waals surface area (Å²) < 4.78 is 0. The summed E-state index contributed by atoms with van der Waals surface area (Å²) in [5.74, 6) is -0.214. The van der Waals surface area contributed by atoms with Crippen LogP contribution in [0.2, 0.25) is 5.02 Å². The molecule has 1 amide bonds. The van der Waals surface area contributed by atoms with Crippen molar-refractivity contribution in [2.75, 3.05) is 5.32 Å². The van der Waals surface area contributed by atoms with Gasteiger partial charge >= 0.3 is 0 Å². The van der Waals surface area contributed by atoms with Crippen molar-refractivity contribution in [1.29, 1.82) is 5.26 Å². The molecule has 0 bridgehead atoms. The van der Waals surface area contributed by atoms with Crippen molar-refractivity contribution < 1.29 is 4.79 Å². The van der Waals surface area contributed by atoms with E-state index in [1.54, 1.807) is 18.2 Å². The largest absolute Gasteiger partial charge is 0.327 e. The SMILES string of the molecule is N#Cc1cc(NC(=O)C2CCCCC2N)ccc1Cl. The third kappa shape index (κ3) is 3.25. The van der Waals surface area contributed by atoms with Gasteiger partial charge < -0.3 is 11.1 Å². The van der Waals surface area contributed by atoms with Gasteiger partial charge in [0.1, 0.15) is 6.07 Å². The second-order valence-electron chi connectivity index (χ2n) is 4.85. The summed E-state index contributed by atoms with van der Waals surface area (Å²) >= 11 is 5.85. The number of rotatable bonds is 2. The first-order valence-corrected chi connectivity index (χ1v) is 6.75. The van der Waals surface area contributed by atoms with E-state index >= 15 is 0 Å². The predicted octanol–water partition coefficient (Wildman–Crippen LogP) is 2.67. The number of carbonyl (C=O) groups excluding carboxylic acids is 1. The lowest BCUT2D eigenvalue weighted by Crippen LogP contribution is -2.40. The van der Waals surface area contributed by atoms with Crippen LogP contribution in [0.1, 0.15) is 31.2 Å². The molecule has 5 heteroatoms. The highest BCUT2D eigenvalue weighted by Gasteiger charge is 2.28. The van der Waals surface area contributed by atoms with Gasteiger partial charge in [-0.15, -0.1) is 0 Å². The van der Waals surface area contributed by atoms with Crippen LogP contribution in [-0.4, -0.2) is 11.9 Å². The molecule has 1 aromatic carbocycles. The van der Waals surface area contributed by atoms with Crippen LogP contribution in [0.25, 0.3) is 0 Å². The van der Waals surface area contributed by atoms with Crippen LogP contribution in [0.4, 0.5) is 5.69 Å². The summed E-state index contributed by atoms with van der Waals surface area (Å²) in [5, 5.41) is 12.1. The molecule has 0 radical (unpaired) electrons. The Kier molecular flexibility index (Phi) is 4.41. The zero-order chi connectivity index (χ0) is 13.8. The Hall–Kier alpha value is -1.57. The van der Waals surface area contributed by atoms with Crippen LogP contribution in [0, 0.1) is 17.2 Å². The van der Waals surface area contributed by atoms with Crippen LogP contribution in [0.5, 0.6) is 0 Å². The average Bonchev–Trinajstić information content (AvgIpc) is 2.41. The van der Waals surface area contributed by atoms with E-state index in [0.29, 0.717) is 16.3 Å². The second kappa shape index (κ2) is 6.05. The standard InChI is InChI=1S/C14H16ClN3O/c15-12-6-5-10(7-9(12)8-16)18-14(19)11-3-1-2-4-13(11)17/h5-7,11,13H,1-4,17H2,(H,18,19). The minimum atomic E-state index is -0.144. The summed E-state index contributed by atoms with van der Waals surface area (Å²) in [5.41, 5.74) is 6.92. The van der Waals surface area contributed by atoms with Crippen molar-refractivity contribution in [3.63, 3.8) is 0 Å². The Morgan fingerprint density at radius 3 is 2.84 bits per heavy atom. The van der Waals surface area contributed by atoms with Crippen LogP contribution in [0.3, 0.4) is 0 Å². The lowest BCUT2D eigenvalue weighted by atomic mass is 9.84. The number of benzene rings is 1. The normalized spacial score (nSPS) is 22.6. The number of anilines is 1. The molecule has 100 valence electrons. The molecule has 1 saturated carbocycles. The summed E-state index contributed by atoms with van der Waals surface area (Å²) in [6.07, 6.45) is 3.84. The van der Waals surface area contributed by atoms with E-state index in [2.05, 4.69) is 5.32 Å². The Morgan fingerprint density at radius 2 is 2.16 bits per heavy atom. The van der Waals surface area contributed by atoms with Gasteiger partial charge in [0.2, 0.25) is 5.91 Å². The molecular weight excluding hydrogens is 262 g/mol. The molecule has 3 N–H and O–H groups in total. The fraction of sp³-hybridized carbons (Fsp3) is 0.429. The third-order valence-electron chi connectivity index (χ3n) is 3.51. The van der Waals surface area contributed by atoms with Crippen LogP contribution < -0.4 is 11.1 Å². The maximum atomic E-state index is 12.2. The number of halogens is 1. The fourth-order valence-corrected chi connectivity index (χ4v) is 2.57. The van der Waals surface area contributed by atoms with Gasteiger partial charge in [0.25, 0.3) is 0 Å². The van der Waals surface area contributed by atoms with Crippen LogP contribution >= 0.6 is 11.6 Å².